The van der Waals surface area contributed by atoms with E-state index in [0.717, 1.165) is 16.9 Å². The SMILES string of the molecule is Cc1c(C(=O)NCCn2ccnc2)oc2c1/C(=N\O)CC(C)(C)C2. The highest BCUT2D eigenvalue weighted by Gasteiger charge is 2.36. The third-order valence-corrected chi connectivity index (χ3v) is 4.34. The molecule has 2 aromatic heterocycles. The van der Waals surface area contributed by atoms with Crippen molar-refractivity contribution < 1.29 is 14.4 Å². The summed E-state index contributed by atoms with van der Waals surface area (Å²) in [6.45, 7) is 7.12. The quantitative estimate of drug-likeness (QED) is 0.665. The smallest absolute Gasteiger partial charge is 0.287 e. The molecule has 0 unspecified atom stereocenters. The summed E-state index contributed by atoms with van der Waals surface area (Å²) in [7, 11) is 0. The van der Waals surface area contributed by atoms with E-state index in [-0.39, 0.29) is 11.3 Å². The molecular weight excluding hydrogens is 308 g/mol. The molecule has 0 aliphatic heterocycles. The minimum absolute atomic E-state index is 0.0615. The Bertz CT molecular complexity index is 772. The molecule has 0 saturated heterocycles. The van der Waals surface area contributed by atoms with E-state index >= 15 is 0 Å². The van der Waals surface area contributed by atoms with Crippen LogP contribution in [0.25, 0.3) is 0 Å². The van der Waals surface area contributed by atoms with Crippen LogP contribution in [0, 0.1) is 12.3 Å². The summed E-state index contributed by atoms with van der Waals surface area (Å²) in [5, 5.41) is 15.6. The van der Waals surface area contributed by atoms with E-state index in [9.17, 15) is 10.0 Å². The number of hydrogen-bond acceptors (Lipinski definition) is 5. The van der Waals surface area contributed by atoms with Crippen LogP contribution in [-0.4, -0.2) is 32.9 Å². The summed E-state index contributed by atoms with van der Waals surface area (Å²) in [5.41, 5.74) is 2.03. The molecular formula is C17H22N4O3. The first kappa shape index (κ1) is 16.3. The fourth-order valence-electron chi connectivity index (χ4n) is 3.21. The van der Waals surface area contributed by atoms with Gasteiger partial charge in [-0.15, -0.1) is 0 Å². The van der Waals surface area contributed by atoms with Crippen molar-refractivity contribution in [2.24, 2.45) is 10.6 Å². The number of nitrogens with zero attached hydrogens (tertiary/aromatic N) is 3. The number of rotatable bonds is 4. The second-order valence-electron chi connectivity index (χ2n) is 6.98. The number of imidazole rings is 1. The summed E-state index contributed by atoms with van der Waals surface area (Å²) >= 11 is 0. The van der Waals surface area contributed by atoms with Gasteiger partial charge in [-0.2, -0.15) is 0 Å². The Morgan fingerprint density at radius 3 is 2.96 bits per heavy atom. The molecule has 0 atom stereocenters. The maximum Gasteiger partial charge on any atom is 0.287 e. The van der Waals surface area contributed by atoms with E-state index in [1.807, 2.05) is 17.7 Å². The third kappa shape index (κ3) is 3.06. The normalized spacial score (nSPS) is 17.7. The average molecular weight is 330 g/mol. The summed E-state index contributed by atoms with van der Waals surface area (Å²) in [6, 6.07) is 0. The van der Waals surface area contributed by atoms with Crippen LogP contribution < -0.4 is 5.32 Å². The van der Waals surface area contributed by atoms with Gasteiger partial charge < -0.3 is 19.5 Å². The number of carbonyl (C=O) groups excluding carboxylic acids is 1. The molecule has 0 saturated carbocycles. The van der Waals surface area contributed by atoms with Gasteiger partial charge in [0.2, 0.25) is 0 Å². The minimum atomic E-state index is -0.253. The lowest BCUT2D eigenvalue weighted by Crippen LogP contribution is -2.27. The zero-order chi connectivity index (χ0) is 17.3. The highest BCUT2D eigenvalue weighted by molar-refractivity contribution is 6.06. The summed E-state index contributed by atoms with van der Waals surface area (Å²) < 4.78 is 7.72. The predicted molar refractivity (Wildman–Crippen MR) is 88.4 cm³/mol. The molecule has 7 nitrogen and oxygen atoms in total. The van der Waals surface area contributed by atoms with Gasteiger partial charge in [0, 0.05) is 43.0 Å². The topological polar surface area (TPSA) is 92.7 Å². The van der Waals surface area contributed by atoms with Crippen molar-refractivity contribution in [2.45, 2.75) is 40.2 Å². The monoisotopic (exact) mass is 330 g/mol. The molecule has 128 valence electrons. The zero-order valence-corrected chi connectivity index (χ0v) is 14.2. The molecule has 0 radical (unpaired) electrons. The van der Waals surface area contributed by atoms with E-state index < -0.39 is 0 Å². The largest absolute Gasteiger partial charge is 0.455 e. The summed E-state index contributed by atoms with van der Waals surface area (Å²) in [4.78, 5) is 16.4. The number of carbonyl (C=O) groups is 1. The summed E-state index contributed by atoms with van der Waals surface area (Å²) in [6.07, 6.45) is 6.61. The second-order valence-corrected chi connectivity index (χ2v) is 6.98. The van der Waals surface area contributed by atoms with E-state index in [0.29, 0.717) is 37.4 Å². The van der Waals surface area contributed by atoms with Crippen molar-refractivity contribution in [3.05, 3.63) is 41.4 Å². The Hall–Kier alpha value is -2.57. The van der Waals surface area contributed by atoms with E-state index in [1.165, 1.54) is 0 Å². The van der Waals surface area contributed by atoms with E-state index in [4.69, 9.17) is 4.42 Å². The number of amides is 1. The Labute approximate surface area is 140 Å². The molecule has 1 amide bonds. The van der Waals surface area contributed by atoms with Crippen LogP contribution in [0.1, 0.15) is 47.7 Å². The fraction of sp³-hybridized carbons (Fsp3) is 0.471. The maximum atomic E-state index is 12.4. The standard InChI is InChI=1S/C17H22N4O3/c1-11-14-12(20-23)8-17(2,3)9-13(14)24-15(11)16(22)19-5-7-21-6-4-18-10-21/h4,6,10,23H,5,7-9H2,1-3H3,(H,19,22)/b20-12-. The Balaban J connectivity index is 1.77. The van der Waals surface area contributed by atoms with Gasteiger partial charge in [-0.25, -0.2) is 4.98 Å². The third-order valence-electron chi connectivity index (χ3n) is 4.34. The maximum absolute atomic E-state index is 12.4. The molecule has 7 heteroatoms. The van der Waals surface area contributed by atoms with Crippen LogP contribution in [-0.2, 0) is 13.0 Å². The van der Waals surface area contributed by atoms with Gasteiger partial charge in [0.05, 0.1) is 12.0 Å². The van der Waals surface area contributed by atoms with Crippen molar-refractivity contribution in [1.29, 1.82) is 0 Å². The molecule has 0 spiro atoms. The van der Waals surface area contributed by atoms with Crippen molar-refractivity contribution in [2.75, 3.05) is 6.54 Å². The van der Waals surface area contributed by atoms with Crippen LogP contribution in [0.5, 0.6) is 0 Å². The van der Waals surface area contributed by atoms with Gasteiger partial charge in [0.25, 0.3) is 5.91 Å². The first-order valence-electron chi connectivity index (χ1n) is 7.99. The highest BCUT2D eigenvalue weighted by Crippen LogP contribution is 2.38. The fourth-order valence-corrected chi connectivity index (χ4v) is 3.21. The van der Waals surface area contributed by atoms with Crippen molar-refractivity contribution >= 4 is 11.6 Å². The lowest BCUT2D eigenvalue weighted by atomic mass is 9.75. The van der Waals surface area contributed by atoms with Gasteiger partial charge >= 0.3 is 0 Å². The summed E-state index contributed by atoms with van der Waals surface area (Å²) in [5.74, 6) is 0.762. The Morgan fingerprint density at radius 1 is 1.50 bits per heavy atom. The number of hydrogen-bond donors (Lipinski definition) is 2. The Morgan fingerprint density at radius 2 is 2.29 bits per heavy atom. The van der Waals surface area contributed by atoms with Gasteiger partial charge in [-0.1, -0.05) is 19.0 Å². The van der Waals surface area contributed by atoms with Crippen molar-refractivity contribution in [3.8, 4) is 0 Å². The predicted octanol–water partition coefficient (Wildman–Crippen LogP) is 2.37. The first-order chi connectivity index (χ1) is 11.4. The molecule has 2 N–H and O–H groups in total. The van der Waals surface area contributed by atoms with Crippen LogP contribution in [0.15, 0.2) is 28.3 Å². The lowest BCUT2D eigenvalue weighted by Gasteiger charge is -2.28. The average Bonchev–Trinajstić information content (AvgIpc) is 3.13. The van der Waals surface area contributed by atoms with Crippen LogP contribution in [0.4, 0.5) is 0 Å². The molecule has 0 bridgehead atoms. The zero-order valence-electron chi connectivity index (χ0n) is 14.2. The van der Waals surface area contributed by atoms with Gasteiger partial charge in [-0.3, -0.25) is 4.79 Å². The molecule has 3 rings (SSSR count). The van der Waals surface area contributed by atoms with Crippen molar-refractivity contribution in [1.82, 2.24) is 14.9 Å². The Kier molecular flexibility index (Phi) is 4.17. The molecule has 24 heavy (non-hydrogen) atoms. The van der Waals surface area contributed by atoms with Gasteiger partial charge in [0.1, 0.15) is 5.76 Å². The van der Waals surface area contributed by atoms with Crippen LogP contribution >= 0.6 is 0 Å². The number of fused-ring (bicyclic) bond motifs is 1. The molecule has 2 heterocycles. The molecule has 1 aliphatic rings. The molecule has 1 aliphatic carbocycles. The van der Waals surface area contributed by atoms with E-state index in [2.05, 4.69) is 29.3 Å². The van der Waals surface area contributed by atoms with Crippen LogP contribution in [0.2, 0.25) is 0 Å². The number of aromatic nitrogens is 2. The molecule has 2 aromatic rings. The van der Waals surface area contributed by atoms with Gasteiger partial charge in [0.15, 0.2) is 5.76 Å². The second kappa shape index (κ2) is 6.14. The van der Waals surface area contributed by atoms with Gasteiger partial charge in [-0.05, 0) is 18.8 Å². The lowest BCUT2D eigenvalue weighted by molar-refractivity contribution is 0.0920. The molecule has 0 aromatic carbocycles. The van der Waals surface area contributed by atoms with E-state index in [1.54, 1.807) is 12.5 Å². The number of oxime groups is 1. The highest BCUT2D eigenvalue weighted by atomic mass is 16.4. The number of furan rings is 1. The molecule has 0 fully saturated rings. The minimum Gasteiger partial charge on any atom is -0.455 e. The van der Waals surface area contributed by atoms with Crippen LogP contribution in [0.3, 0.4) is 0 Å². The van der Waals surface area contributed by atoms with Crippen molar-refractivity contribution in [3.63, 3.8) is 0 Å². The number of nitrogens with one attached hydrogen (secondary N) is 1. The first-order valence-corrected chi connectivity index (χ1v) is 7.99.